The summed E-state index contributed by atoms with van der Waals surface area (Å²) in [6, 6.07) is 20.8. The largest absolute Gasteiger partial charge is 0.481 e. The first-order valence-electron chi connectivity index (χ1n) is 19.0. The first kappa shape index (κ1) is 53.8. The van der Waals surface area contributed by atoms with Crippen molar-refractivity contribution in [3.05, 3.63) is 108 Å². The second-order valence-corrected chi connectivity index (χ2v) is 13.4. The van der Waals surface area contributed by atoms with Crippen LogP contribution >= 0.6 is 0 Å². The first-order chi connectivity index (χ1) is 29.8. The molecule has 63 heavy (non-hydrogen) atoms. The van der Waals surface area contributed by atoms with E-state index in [0.29, 0.717) is 0 Å². The third-order valence-corrected chi connectivity index (χ3v) is 8.45. The fourth-order valence-electron chi connectivity index (χ4n) is 5.23. The molecule has 3 aromatic rings. The summed E-state index contributed by atoms with van der Waals surface area (Å²) in [6.07, 6.45) is -0.821. The van der Waals surface area contributed by atoms with Crippen LogP contribution in [0, 0.1) is 0 Å². The Labute approximate surface area is 362 Å². The Hall–Kier alpha value is -7.23. The van der Waals surface area contributed by atoms with E-state index in [2.05, 4.69) is 30.2 Å². The van der Waals surface area contributed by atoms with Crippen molar-refractivity contribution in [2.75, 3.05) is 21.3 Å². The molecule has 0 aromatic heterocycles. The maximum absolute atomic E-state index is 11.8. The maximum atomic E-state index is 11.8. The molecule has 21 heteroatoms. The lowest BCUT2D eigenvalue weighted by atomic mass is 10.1. The summed E-state index contributed by atoms with van der Waals surface area (Å²) >= 11 is 0. The minimum absolute atomic E-state index is 0.235. The highest BCUT2D eigenvalue weighted by Gasteiger charge is 2.28. The number of carbonyl (C=O) groups is 9. The number of carboxylic acids is 3. The highest BCUT2D eigenvalue weighted by molar-refractivity contribution is 5.91. The Bertz CT molecular complexity index is 1730. The smallest absolute Gasteiger partial charge is 0.328 e. The molecule has 0 aliphatic heterocycles. The van der Waals surface area contributed by atoms with E-state index in [0.717, 1.165) is 16.7 Å². The van der Waals surface area contributed by atoms with Gasteiger partial charge in [-0.25, -0.2) is 14.4 Å². The minimum atomic E-state index is -1.22. The number of amides is 3. The first-order valence-corrected chi connectivity index (χ1v) is 19.0. The molecule has 342 valence electrons. The van der Waals surface area contributed by atoms with E-state index in [1.54, 1.807) is 36.4 Å². The molecule has 0 saturated carbocycles. The third-order valence-electron chi connectivity index (χ3n) is 8.45. The summed E-state index contributed by atoms with van der Waals surface area (Å²) in [5.41, 5.74) is 18.9. The number of ether oxygens (including phenoxy) is 3. The molecule has 0 bridgehead atoms. The molecule has 3 rings (SSSR count). The zero-order valence-corrected chi connectivity index (χ0v) is 34.8. The second-order valence-electron chi connectivity index (χ2n) is 13.4. The number of aliphatic carboxylic acids is 3. The van der Waals surface area contributed by atoms with Gasteiger partial charge < -0.3 is 62.7 Å². The van der Waals surface area contributed by atoms with Crippen molar-refractivity contribution in [2.45, 2.75) is 74.8 Å². The van der Waals surface area contributed by atoms with Gasteiger partial charge in [-0.2, -0.15) is 0 Å². The van der Waals surface area contributed by atoms with E-state index in [1.165, 1.54) is 21.3 Å². The van der Waals surface area contributed by atoms with Crippen molar-refractivity contribution in [1.29, 1.82) is 0 Å². The van der Waals surface area contributed by atoms with E-state index in [9.17, 15) is 43.2 Å². The van der Waals surface area contributed by atoms with E-state index in [-0.39, 0.29) is 19.3 Å². The molecule has 0 heterocycles. The highest BCUT2D eigenvalue weighted by Crippen LogP contribution is 2.08. The van der Waals surface area contributed by atoms with Crippen molar-refractivity contribution in [1.82, 2.24) is 16.0 Å². The van der Waals surface area contributed by atoms with Gasteiger partial charge in [0.25, 0.3) is 0 Å². The molecule has 0 radical (unpaired) electrons. The predicted molar refractivity (Wildman–Crippen MR) is 223 cm³/mol. The van der Waals surface area contributed by atoms with E-state index >= 15 is 0 Å². The third kappa shape index (κ3) is 22.3. The van der Waals surface area contributed by atoms with Crippen LogP contribution < -0.4 is 33.2 Å². The molecule has 21 nitrogen and oxygen atoms in total. The number of hydrogen-bond acceptors (Lipinski definition) is 15. The van der Waals surface area contributed by atoms with Crippen LogP contribution in [0.2, 0.25) is 0 Å². The Morgan fingerprint density at radius 2 is 0.635 bits per heavy atom. The van der Waals surface area contributed by atoms with Gasteiger partial charge in [-0.1, -0.05) is 91.0 Å². The van der Waals surface area contributed by atoms with Gasteiger partial charge in [-0.05, 0) is 16.7 Å². The number of rotatable bonds is 21. The van der Waals surface area contributed by atoms with Crippen molar-refractivity contribution in [3.8, 4) is 0 Å². The fourth-order valence-corrected chi connectivity index (χ4v) is 5.23. The van der Waals surface area contributed by atoms with Crippen LogP contribution in [0.5, 0.6) is 0 Å². The molecule has 3 amide bonds. The van der Waals surface area contributed by atoms with Gasteiger partial charge in [0.1, 0.15) is 18.1 Å². The molecular weight excluding hydrogens is 828 g/mol. The number of esters is 3. The Morgan fingerprint density at radius 1 is 0.429 bits per heavy atom. The number of nitrogens with one attached hydrogen (secondary N) is 3. The average Bonchev–Trinajstić information content (AvgIpc) is 3.25. The second kappa shape index (κ2) is 29.1. The van der Waals surface area contributed by atoms with Gasteiger partial charge in [0.2, 0.25) is 17.7 Å². The van der Waals surface area contributed by atoms with Crippen LogP contribution in [-0.4, -0.2) is 126 Å². The SMILES string of the molecule is COC(=O)[C@H](Cc1ccccc1)NC(=O)[C@@H](N)CC(=O)O.COC(=O)[C@H](Cc1ccccc1)NC(=O)[C@@H](N)CC(=O)O.COC(=O)[C@H](Cc1ccccc1)NC(=O)[C@@H](N)CC(=O)O. The lowest BCUT2D eigenvalue weighted by Gasteiger charge is -2.18. The average molecular weight is 883 g/mol. The monoisotopic (exact) mass is 882 g/mol. The van der Waals surface area contributed by atoms with Crippen LogP contribution in [0.4, 0.5) is 0 Å². The van der Waals surface area contributed by atoms with Crippen LogP contribution in [-0.2, 0) is 76.6 Å². The van der Waals surface area contributed by atoms with E-state index in [4.69, 9.17) is 32.5 Å². The standard InChI is InChI=1S/3C14H18N2O5/c3*1-21-14(20)11(7-9-5-3-2-4-6-9)16-13(19)10(15)8-12(17)18/h3*2-6,10-11H,7-8,15H2,1H3,(H,16,19)(H,17,18)/t3*10-,11-/m000/s1. The molecular formula is C42H54N6O15. The number of hydrogen-bond donors (Lipinski definition) is 9. The number of benzene rings is 3. The van der Waals surface area contributed by atoms with Gasteiger partial charge in [0.15, 0.2) is 0 Å². The Morgan fingerprint density at radius 3 is 0.810 bits per heavy atom. The molecule has 0 aliphatic carbocycles. The number of methoxy groups -OCH3 is 3. The Balaban J connectivity index is 0.000000472. The molecule has 0 fully saturated rings. The van der Waals surface area contributed by atoms with Gasteiger partial charge in [0, 0.05) is 19.3 Å². The normalized spacial score (nSPS) is 13.0. The summed E-state index contributed by atoms with van der Waals surface area (Å²) in [4.78, 5) is 102. The maximum Gasteiger partial charge on any atom is 0.328 e. The van der Waals surface area contributed by atoms with Crippen molar-refractivity contribution in [2.24, 2.45) is 17.2 Å². The fraction of sp³-hybridized carbons (Fsp3) is 0.357. The molecule has 0 unspecified atom stereocenters. The van der Waals surface area contributed by atoms with Gasteiger partial charge in [0.05, 0.1) is 58.7 Å². The van der Waals surface area contributed by atoms with Crippen molar-refractivity contribution < 1.29 is 72.7 Å². The molecule has 0 spiro atoms. The van der Waals surface area contributed by atoms with Gasteiger partial charge in [-0.3, -0.25) is 28.8 Å². The quantitative estimate of drug-likeness (QED) is 0.0461. The van der Waals surface area contributed by atoms with Crippen LogP contribution in [0.1, 0.15) is 36.0 Å². The molecule has 0 saturated heterocycles. The molecule has 6 atom stereocenters. The lowest BCUT2D eigenvalue weighted by molar-refractivity contribution is -0.146. The zero-order valence-electron chi connectivity index (χ0n) is 34.8. The van der Waals surface area contributed by atoms with Crippen LogP contribution in [0.3, 0.4) is 0 Å². The van der Waals surface area contributed by atoms with Crippen molar-refractivity contribution in [3.63, 3.8) is 0 Å². The van der Waals surface area contributed by atoms with Crippen LogP contribution in [0.15, 0.2) is 91.0 Å². The number of nitrogens with two attached hydrogens (primary N) is 3. The summed E-state index contributed by atoms with van der Waals surface area (Å²) < 4.78 is 13.9. The summed E-state index contributed by atoms with van der Waals surface area (Å²) in [6.45, 7) is 0. The van der Waals surface area contributed by atoms with Gasteiger partial charge in [-0.15, -0.1) is 0 Å². The number of carboxylic acid groups (broad SMARTS) is 3. The number of carbonyl (C=O) groups excluding carboxylic acids is 6. The summed E-state index contributed by atoms with van der Waals surface area (Å²) in [7, 11) is 3.64. The highest BCUT2D eigenvalue weighted by atomic mass is 16.5. The van der Waals surface area contributed by atoms with Crippen molar-refractivity contribution >= 4 is 53.5 Å². The molecule has 0 aliphatic rings. The molecule has 12 N–H and O–H groups in total. The summed E-state index contributed by atoms with van der Waals surface area (Å²) in [5, 5.41) is 33.1. The predicted octanol–water partition coefficient (Wildman–Crippen LogP) is -0.933. The zero-order chi connectivity index (χ0) is 47.5. The van der Waals surface area contributed by atoms with Crippen LogP contribution in [0.25, 0.3) is 0 Å². The summed E-state index contributed by atoms with van der Waals surface area (Å²) in [5.74, 6) is -7.52. The minimum Gasteiger partial charge on any atom is -0.481 e. The molecule has 3 aromatic carbocycles. The van der Waals surface area contributed by atoms with E-state index < -0.39 is 109 Å². The Kier molecular flexibility index (Phi) is 24.8. The topological polar surface area (TPSA) is 356 Å². The van der Waals surface area contributed by atoms with Gasteiger partial charge >= 0.3 is 35.8 Å². The lowest BCUT2D eigenvalue weighted by Crippen LogP contribution is -2.50. The van der Waals surface area contributed by atoms with E-state index in [1.807, 2.05) is 54.6 Å².